The second-order valence-electron chi connectivity index (χ2n) is 5.74. The van der Waals surface area contributed by atoms with Crippen LogP contribution < -0.4 is 56.5 Å². The summed E-state index contributed by atoms with van der Waals surface area (Å²) in [5, 5.41) is 11.8. The van der Waals surface area contributed by atoms with Gasteiger partial charge < -0.3 is 14.5 Å². The minimum atomic E-state index is -1.57. The third kappa shape index (κ3) is 2.65. The standard InChI is InChI=1S/C17H17NO3.K/c1-11-4-3-5-13(8-11)15(19)17(16(20)21)6-7-18-10-12(2)9-14(17)18;/h3-5,8-10H,6-7H2,1-2H3,(H,20,21);/q;+1/p-1. The Balaban J connectivity index is 0.00000176. The number of aromatic nitrogens is 1. The van der Waals surface area contributed by atoms with Crippen molar-refractivity contribution in [1.29, 1.82) is 0 Å². The maximum Gasteiger partial charge on any atom is 1.00 e. The van der Waals surface area contributed by atoms with Crippen LogP contribution in [0.5, 0.6) is 0 Å². The van der Waals surface area contributed by atoms with Crippen LogP contribution in [0.25, 0.3) is 0 Å². The van der Waals surface area contributed by atoms with Crippen LogP contribution in [0.15, 0.2) is 36.5 Å². The van der Waals surface area contributed by atoms with E-state index in [4.69, 9.17) is 0 Å². The van der Waals surface area contributed by atoms with Crippen molar-refractivity contribution in [2.75, 3.05) is 0 Å². The molecule has 1 aromatic heterocycles. The van der Waals surface area contributed by atoms with Crippen molar-refractivity contribution >= 4 is 11.8 Å². The van der Waals surface area contributed by atoms with E-state index in [0.717, 1.165) is 11.1 Å². The second kappa shape index (κ2) is 6.41. The molecule has 108 valence electrons. The van der Waals surface area contributed by atoms with E-state index < -0.39 is 11.4 Å². The van der Waals surface area contributed by atoms with Crippen LogP contribution in [0.4, 0.5) is 0 Å². The Morgan fingerprint density at radius 2 is 1.91 bits per heavy atom. The van der Waals surface area contributed by atoms with Crippen molar-refractivity contribution in [1.82, 2.24) is 4.57 Å². The number of hydrogen-bond acceptors (Lipinski definition) is 3. The fraction of sp³-hybridized carbons (Fsp3) is 0.294. The van der Waals surface area contributed by atoms with Gasteiger partial charge in [0, 0.05) is 24.0 Å². The zero-order chi connectivity index (χ0) is 15.2. The van der Waals surface area contributed by atoms with Gasteiger partial charge in [-0.2, -0.15) is 0 Å². The summed E-state index contributed by atoms with van der Waals surface area (Å²) in [6.07, 6.45) is 2.13. The zero-order valence-corrected chi connectivity index (χ0v) is 16.2. The van der Waals surface area contributed by atoms with E-state index in [1.807, 2.05) is 30.7 Å². The number of carbonyl (C=O) groups excluding carboxylic acids is 2. The monoisotopic (exact) mass is 321 g/mol. The molecule has 2 heterocycles. The van der Waals surface area contributed by atoms with E-state index in [1.54, 1.807) is 24.3 Å². The van der Waals surface area contributed by atoms with E-state index in [2.05, 4.69) is 0 Å². The predicted molar refractivity (Wildman–Crippen MR) is 76.0 cm³/mol. The fourth-order valence-electron chi connectivity index (χ4n) is 3.18. The van der Waals surface area contributed by atoms with Gasteiger partial charge in [0.05, 0.1) is 5.97 Å². The summed E-state index contributed by atoms with van der Waals surface area (Å²) in [7, 11) is 0. The molecule has 22 heavy (non-hydrogen) atoms. The van der Waals surface area contributed by atoms with Crippen LogP contribution in [0.2, 0.25) is 0 Å². The molecule has 5 heteroatoms. The quantitative estimate of drug-likeness (QED) is 0.388. The molecule has 3 rings (SSSR count). The number of carbonyl (C=O) groups is 2. The Hall–Kier alpha value is -0.724. The van der Waals surface area contributed by atoms with E-state index >= 15 is 0 Å². The maximum absolute atomic E-state index is 12.9. The Kier molecular flexibility index (Phi) is 5.14. The number of rotatable bonds is 3. The molecule has 0 amide bonds. The number of aliphatic carboxylic acids is 1. The van der Waals surface area contributed by atoms with Crippen LogP contribution in [-0.2, 0) is 16.8 Å². The Labute approximate surface area is 171 Å². The van der Waals surface area contributed by atoms with Crippen molar-refractivity contribution in [3.05, 3.63) is 58.9 Å². The predicted octanol–water partition coefficient (Wildman–Crippen LogP) is -1.62. The van der Waals surface area contributed by atoms with Gasteiger partial charge in [0.15, 0.2) is 5.78 Å². The molecule has 1 aliphatic rings. The SMILES string of the molecule is Cc1cccc(C(=O)C2(C(=O)[O-])CCn3cc(C)cc32)c1.[K+]. The summed E-state index contributed by atoms with van der Waals surface area (Å²) in [5.41, 5.74) is 1.27. The smallest absolute Gasteiger partial charge is 0.549 e. The van der Waals surface area contributed by atoms with Gasteiger partial charge >= 0.3 is 51.4 Å². The molecule has 0 spiro atoms. The molecule has 4 nitrogen and oxygen atoms in total. The number of ketones is 1. The summed E-state index contributed by atoms with van der Waals surface area (Å²) in [4.78, 5) is 24.8. The Morgan fingerprint density at radius 3 is 2.55 bits per heavy atom. The van der Waals surface area contributed by atoms with Gasteiger partial charge in [-0.3, -0.25) is 4.79 Å². The van der Waals surface area contributed by atoms with Gasteiger partial charge in [-0.1, -0.05) is 23.8 Å². The summed E-state index contributed by atoms with van der Waals surface area (Å²) in [5.74, 6) is -1.70. The third-order valence-corrected chi connectivity index (χ3v) is 4.21. The summed E-state index contributed by atoms with van der Waals surface area (Å²) < 4.78 is 1.85. The maximum atomic E-state index is 12.9. The van der Waals surface area contributed by atoms with E-state index in [0.29, 0.717) is 17.8 Å². The number of Topliss-reactive ketones (excluding diaryl/α,β-unsaturated/α-hetero) is 1. The van der Waals surface area contributed by atoms with E-state index in [1.165, 1.54) is 0 Å². The average Bonchev–Trinajstić information content (AvgIpc) is 2.95. The summed E-state index contributed by atoms with van der Waals surface area (Å²) >= 11 is 0. The second-order valence-corrected chi connectivity index (χ2v) is 5.74. The molecule has 1 atom stereocenters. The molecule has 0 N–H and O–H groups in total. The topological polar surface area (TPSA) is 62.1 Å². The van der Waals surface area contributed by atoms with Gasteiger partial charge in [0.1, 0.15) is 5.41 Å². The van der Waals surface area contributed by atoms with Gasteiger partial charge in [-0.25, -0.2) is 0 Å². The molecular weight excluding hydrogens is 305 g/mol. The molecule has 1 unspecified atom stereocenters. The molecule has 1 aliphatic heterocycles. The molecule has 0 radical (unpaired) electrons. The molecule has 0 fully saturated rings. The first-order valence-electron chi connectivity index (χ1n) is 6.95. The summed E-state index contributed by atoms with van der Waals surface area (Å²) in [6.45, 7) is 4.29. The molecular formula is C17H16KNO3. The largest absolute Gasteiger partial charge is 1.00 e. The molecule has 0 bridgehead atoms. The first kappa shape index (κ1) is 17.6. The van der Waals surface area contributed by atoms with Crippen LogP contribution in [0, 0.1) is 13.8 Å². The number of carboxylic acid groups (broad SMARTS) is 1. The van der Waals surface area contributed by atoms with Crippen molar-refractivity contribution < 1.29 is 66.1 Å². The number of carboxylic acids is 1. The van der Waals surface area contributed by atoms with Crippen LogP contribution >= 0.6 is 0 Å². The van der Waals surface area contributed by atoms with Crippen molar-refractivity contribution in [2.45, 2.75) is 32.2 Å². The van der Waals surface area contributed by atoms with Crippen molar-refractivity contribution in [3.63, 3.8) is 0 Å². The first-order valence-corrected chi connectivity index (χ1v) is 6.95. The number of aryl methyl sites for hydroxylation is 3. The molecule has 1 aromatic carbocycles. The normalized spacial score (nSPS) is 19.4. The van der Waals surface area contributed by atoms with E-state index in [9.17, 15) is 14.7 Å². The number of nitrogens with zero attached hydrogens (tertiary/aromatic N) is 1. The number of fused-ring (bicyclic) bond motifs is 1. The number of benzene rings is 1. The Bertz CT molecular complexity index is 750. The number of hydrogen-bond donors (Lipinski definition) is 0. The van der Waals surface area contributed by atoms with Gasteiger partial charge in [0.2, 0.25) is 0 Å². The third-order valence-electron chi connectivity index (χ3n) is 4.21. The molecule has 0 saturated carbocycles. The minimum absolute atomic E-state index is 0. The van der Waals surface area contributed by atoms with Crippen LogP contribution in [-0.4, -0.2) is 16.3 Å². The minimum Gasteiger partial charge on any atom is -0.549 e. The molecule has 2 aromatic rings. The van der Waals surface area contributed by atoms with Crippen LogP contribution in [0.3, 0.4) is 0 Å². The summed E-state index contributed by atoms with van der Waals surface area (Å²) in [6, 6.07) is 8.81. The average molecular weight is 321 g/mol. The zero-order valence-electron chi connectivity index (χ0n) is 13.1. The Morgan fingerprint density at radius 1 is 1.18 bits per heavy atom. The van der Waals surface area contributed by atoms with Crippen molar-refractivity contribution in [2.24, 2.45) is 0 Å². The molecule has 0 aliphatic carbocycles. The molecule has 0 saturated heterocycles. The van der Waals surface area contributed by atoms with Gasteiger partial charge in [0.25, 0.3) is 0 Å². The van der Waals surface area contributed by atoms with Gasteiger partial charge in [-0.15, -0.1) is 0 Å². The fourth-order valence-corrected chi connectivity index (χ4v) is 3.18. The van der Waals surface area contributed by atoms with Gasteiger partial charge in [-0.05, 0) is 38.0 Å². The van der Waals surface area contributed by atoms with Crippen molar-refractivity contribution in [3.8, 4) is 0 Å². The van der Waals surface area contributed by atoms with Crippen LogP contribution in [0.1, 0.15) is 33.6 Å². The van der Waals surface area contributed by atoms with E-state index in [-0.39, 0.29) is 63.6 Å². The first-order chi connectivity index (χ1) is 9.95.